The Labute approximate surface area is 157 Å². The Kier molecular flexibility index (Phi) is 4.79. The molecule has 1 saturated heterocycles. The van der Waals surface area contributed by atoms with Crippen LogP contribution in [0.2, 0.25) is 0 Å². The number of piperidine rings is 1. The van der Waals surface area contributed by atoms with Gasteiger partial charge in [0.05, 0.1) is 17.6 Å². The molecule has 3 aromatic rings. The van der Waals surface area contributed by atoms with Gasteiger partial charge in [0, 0.05) is 31.6 Å². The molecule has 1 aromatic heterocycles. The van der Waals surface area contributed by atoms with Gasteiger partial charge >= 0.3 is 0 Å². The van der Waals surface area contributed by atoms with Crippen LogP contribution in [0.1, 0.15) is 18.4 Å². The monoisotopic (exact) mass is 366 g/mol. The van der Waals surface area contributed by atoms with Crippen molar-refractivity contribution in [1.82, 2.24) is 14.9 Å². The van der Waals surface area contributed by atoms with Gasteiger partial charge in [-0.25, -0.2) is 9.37 Å². The molecule has 27 heavy (non-hydrogen) atoms. The van der Waals surface area contributed by atoms with Crippen LogP contribution in [0.25, 0.3) is 11.0 Å². The molecular weight excluding hydrogens is 343 g/mol. The number of imidazole rings is 1. The molecule has 0 aliphatic carbocycles. The highest BCUT2D eigenvalue weighted by molar-refractivity contribution is 5.80. The Morgan fingerprint density at radius 3 is 2.59 bits per heavy atom. The number of carbonyl (C=O) groups is 1. The number of benzene rings is 2. The molecule has 2 heterocycles. The van der Waals surface area contributed by atoms with E-state index in [1.54, 1.807) is 13.1 Å². The molecule has 4 rings (SSSR count). The Hall–Kier alpha value is -2.89. The van der Waals surface area contributed by atoms with Crippen LogP contribution < -0.4 is 10.2 Å². The van der Waals surface area contributed by atoms with Crippen LogP contribution in [0, 0.1) is 11.7 Å². The van der Waals surface area contributed by atoms with E-state index in [4.69, 9.17) is 4.98 Å². The van der Waals surface area contributed by atoms with Crippen LogP contribution >= 0.6 is 0 Å². The zero-order valence-electron chi connectivity index (χ0n) is 15.4. The lowest BCUT2D eigenvalue weighted by molar-refractivity contribution is -0.125. The first-order valence-electron chi connectivity index (χ1n) is 9.32. The summed E-state index contributed by atoms with van der Waals surface area (Å²) in [6.45, 7) is 1.95. The summed E-state index contributed by atoms with van der Waals surface area (Å²) >= 11 is 0. The maximum atomic E-state index is 14.2. The molecule has 1 amide bonds. The molecule has 2 aromatic carbocycles. The van der Waals surface area contributed by atoms with Gasteiger partial charge < -0.3 is 14.8 Å². The average molecular weight is 366 g/mol. The number of para-hydroxylation sites is 2. The van der Waals surface area contributed by atoms with E-state index in [0.29, 0.717) is 12.1 Å². The minimum absolute atomic E-state index is 0.0515. The van der Waals surface area contributed by atoms with Crippen molar-refractivity contribution in [3.05, 3.63) is 59.9 Å². The summed E-state index contributed by atoms with van der Waals surface area (Å²) in [5.74, 6) is 0.791. The van der Waals surface area contributed by atoms with Crippen LogP contribution in [0.15, 0.2) is 48.5 Å². The first kappa shape index (κ1) is 17.5. The number of fused-ring (bicyclic) bond motifs is 1. The lowest BCUT2D eigenvalue weighted by Crippen LogP contribution is -2.40. The number of carbonyl (C=O) groups excluding carboxylic acids is 1. The SMILES string of the molecule is CNC(=O)C1CCN(c2nc3ccccc3n2Cc2ccccc2F)CC1. The van der Waals surface area contributed by atoms with Crippen molar-refractivity contribution >= 4 is 22.9 Å². The molecule has 0 bridgehead atoms. The van der Waals surface area contributed by atoms with Gasteiger partial charge in [0.1, 0.15) is 5.82 Å². The zero-order valence-corrected chi connectivity index (χ0v) is 15.4. The zero-order chi connectivity index (χ0) is 18.8. The first-order valence-corrected chi connectivity index (χ1v) is 9.32. The summed E-state index contributed by atoms with van der Waals surface area (Å²) in [6, 6.07) is 14.8. The third kappa shape index (κ3) is 3.39. The number of hydrogen-bond acceptors (Lipinski definition) is 3. The third-order valence-corrected chi connectivity index (χ3v) is 5.32. The molecule has 140 valence electrons. The van der Waals surface area contributed by atoms with Crippen LogP contribution in [-0.2, 0) is 11.3 Å². The molecule has 0 saturated carbocycles. The van der Waals surface area contributed by atoms with Gasteiger partial charge in [-0.15, -0.1) is 0 Å². The molecular formula is C21H23FN4O. The van der Waals surface area contributed by atoms with Gasteiger partial charge in [0.15, 0.2) is 0 Å². The van der Waals surface area contributed by atoms with Crippen molar-refractivity contribution in [1.29, 1.82) is 0 Å². The molecule has 1 fully saturated rings. The number of aromatic nitrogens is 2. The fourth-order valence-electron chi connectivity index (χ4n) is 3.80. The Morgan fingerprint density at radius 2 is 1.85 bits per heavy atom. The van der Waals surface area contributed by atoms with E-state index in [-0.39, 0.29) is 17.6 Å². The highest BCUT2D eigenvalue weighted by Gasteiger charge is 2.27. The Balaban J connectivity index is 1.67. The maximum absolute atomic E-state index is 14.2. The molecule has 5 nitrogen and oxygen atoms in total. The standard InChI is InChI=1S/C21H23FN4O/c1-23-20(27)15-10-12-25(13-11-15)21-24-18-8-4-5-9-19(18)26(21)14-16-6-2-3-7-17(16)22/h2-9,15H,10-14H2,1H3,(H,23,27). The van der Waals surface area contributed by atoms with Gasteiger partial charge in [-0.3, -0.25) is 4.79 Å². The van der Waals surface area contributed by atoms with E-state index < -0.39 is 0 Å². The second-order valence-corrected chi connectivity index (χ2v) is 6.95. The topological polar surface area (TPSA) is 50.2 Å². The molecule has 1 aliphatic rings. The van der Waals surface area contributed by atoms with Crippen LogP contribution in [0.3, 0.4) is 0 Å². The van der Waals surface area contributed by atoms with Crippen LogP contribution in [0.4, 0.5) is 10.3 Å². The van der Waals surface area contributed by atoms with E-state index in [1.807, 2.05) is 36.4 Å². The number of nitrogens with zero attached hydrogens (tertiary/aromatic N) is 3. The van der Waals surface area contributed by atoms with Gasteiger partial charge in [-0.2, -0.15) is 0 Å². The summed E-state index contributed by atoms with van der Waals surface area (Å²) in [5.41, 5.74) is 2.53. The van der Waals surface area contributed by atoms with Gasteiger partial charge in [-0.05, 0) is 31.0 Å². The molecule has 0 spiro atoms. The molecule has 1 aliphatic heterocycles. The summed E-state index contributed by atoms with van der Waals surface area (Å²) in [6.07, 6.45) is 1.59. The van der Waals surface area contributed by atoms with Gasteiger partial charge in [0.2, 0.25) is 11.9 Å². The quantitative estimate of drug-likeness (QED) is 0.772. The maximum Gasteiger partial charge on any atom is 0.222 e. The van der Waals surface area contributed by atoms with Crippen LogP contribution in [-0.4, -0.2) is 35.6 Å². The molecule has 0 atom stereocenters. The number of hydrogen-bond donors (Lipinski definition) is 1. The predicted octanol–water partition coefficient (Wildman–Crippen LogP) is 3.19. The minimum atomic E-state index is -0.209. The van der Waals surface area contributed by atoms with E-state index >= 15 is 0 Å². The molecule has 0 radical (unpaired) electrons. The number of nitrogens with one attached hydrogen (secondary N) is 1. The van der Waals surface area contributed by atoms with Crippen molar-refractivity contribution in [2.75, 3.05) is 25.0 Å². The van der Waals surface area contributed by atoms with Gasteiger partial charge in [-0.1, -0.05) is 30.3 Å². The van der Waals surface area contributed by atoms with E-state index in [0.717, 1.165) is 42.9 Å². The number of amides is 1. The van der Waals surface area contributed by atoms with Gasteiger partial charge in [0.25, 0.3) is 0 Å². The minimum Gasteiger partial charge on any atom is -0.359 e. The third-order valence-electron chi connectivity index (χ3n) is 5.32. The van der Waals surface area contributed by atoms with Crippen molar-refractivity contribution in [3.63, 3.8) is 0 Å². The van der Waals surface area contributed by atoms with Crippen molar-refractivity contribution in [2.24, 2.45) is 5.92 Å². The van der Waals surface area contributed by atoms with Crippen molar-refractivity contribution < 1.29 is 9.18 Å². The van der Waals surface area contributed by atoms with E-state index in [2.05, 4.69) is 14.8 Å². The number of rotatable bonds is 4. The fraction of sp³-hybridized carbons (Fsp3) is 0.333. The molecule has 1 N–H and O–H groups in total. The van der Waals surface area contributed by atoms with Crippen LogP contribution in [0.5, 0.6) is 0 Å². The first-order chi connectivity index (χ1) is 13.2. The Morgan fingerprint density at radius 1 is 1.15 bits per heavy atom. The van der Waals surface area contributed by atoms with Crippen molar-refractivity contribution in [2.45, 2.75) is 19.4 Å². The fourth-order valence-corrected chi connectivity index (χ4v) is 3.80. The molecule has 6 heteroatoms. The number of anilines is 1. The summed E-state index contributed by atoms with van der Waals surface area (Å²) in [5, 5.41) is 2.74. The highest BCUT2D eigenvalue weighted by Crippen LogP contribution is 2.28. The Bertz CT molecular complexity index is 960. The smallest absolute Gasteiger partial charge is 0.222 e. The second kappa shape index (κ2) is 7.39. The number of halogens is 1. The van der Waals surface area contributed by atoms with Crippen molar-refractivity contribution in [3.8, 4) is 0 Å². The largest absolute Gasteiger partial charge is 0.359 e. The average Bonchev–Trinajstić information content (AvgIpc) is 3.08. The summed E-state index contributed by atoms with van der Waals surface area (Å²) in [7, 11) is 1.68. The predicted molar refractivity (Wildman–Crippen MR) is 104 cm³/mol. The van der Waals surface area contributed by atoms with E-state index in [9.17, 15) is 9.18 Å². The lowest BCUT2D eigenvalue weighted by atomic mass is 9.96. The summed E-state index contributed by atoms with van der Waals surface area (Å²) in [4.78, 5) is 18.9. The normalized spacial score (nSPS) is 15.3. The summed E-state index contributed by atoms with van der Waals surface area (Å²) < 4.78 is 16.3. The lowest BCUT2D eigenvalue weighted by Gasteiger charge is -2.32. The van der Waals surface area contributed by atoms with E-state index in [1.165, 1.54) is 6.07 Å². The highest BCUT2D eigenvalue weighted by atomic mass is 19.1. The molecule has 0 unspecified atom stereocenters. The second-order valence-electron chi connectivity index (χ2n) is 6.95.